The van der Waals surface area contributed by atoms with Gasteiger partial charge >= 0.3 is 0 Å². The van der Waals surface area contributed by atoms with E-state index in [-0.39, 0.29) is 0 Å². The van der Waals surface area contributed by atoms with Gasteiger partial charge in [0, 0.05) is 19.0 Å². The summed E-state index contributed by atoms with van der Waals surface area (Å²) in [7, 11) is 0. The zero-order valence-electron chi connectivity index (χ0n) is 9.17. The van der Waals surface area contributed by atoms with Crippen molar-refractivity contribution in [2.75, 3.05) is 13.1 Å². The molecule has 2 nitrogen and oxygen atoms in total. The maximum Gasteiger partial charge on any atom is 0.225 e. The lowest BCUT2D eigenvalue weighted by Crippen LogP contribution is -2.43. The zero-order valence-corrected chi connectivity index (χ0v) is 9.17. The molecule has 1 saturated carbocycles. The number of amides is 1. The van der Waals surface area contributed by atoms with Crippen LogP contribution in [0.15, 0.2) is 0 Å². The van der Waals surface area contributed by atoms with E-state index in [0.29, 0.717) is 11.8 Å². The summed E-state index contributed by atoms with van der Waals surface area (Å²) >= 11 is 0. The van der Waals surface area contributed by atoms with Crippen LogP contribution in [-0.2, 0) is 4.79 Å². The van der Waals surface area contributed by atoms with E-state index < -0.39 is 0 Å². The van der Waals surface area contributed by atoms with Crippen LogP contribution in [0.1, 0.15) is 45.4 Å². The van der Waals surface area contributed by atoms with Crippen LogP contribution >= 0.6 is 0 Å². The Hall–Kier alpha value is -0.530. The third kappa shape index (κ3) is 1.94. The molecule has 14 heavy (non-hydrogen) atoms. The fourth-order valence-corrected chi connectivity index (χ4v) is 2.47. The Morgan fingerprint density at radius 1 is 1.21 bits per heavy atom. The van der Waals surface area contributed by atoms with Gasteiger partial charge in [-0.25, -0.2) is 0 Å². The molecule has 0 radical (unpaired) electrons. The topological polar surface area (TPSA) is 20.3 Å². The SMILES string of the molecule is CCC1CCN(C(=O)C2CCC2)CC1. The minimum atomic E-state index is 0.396. The molecule has 0 aromatic rings. The minimum absolute atomic E-state index is 0.396. The molecule has 2 fully saturated rings. The largest absolute Gasteiger partial charge is 0.342 e. The van der Waals surface area contributed by atoms with Crippen LogP contribution in [0.3, 0.4) is 0 Å². The zero-order chi connectivity index (χ0) is 9.97. The van der Waals surface area contributed by atoms with Gasteiger partial charge in [-0.3, -0.25) is 4.79 Å². The molecule has 0 aromatic carbocycles. The van der Waals surface area contributed by atoms with E-state index in [1.54, 1.807) is 0 Å². The predicted octanol–water partition coefficient (Wildman–Crippen LogP) is 2.44. The maximum atomic E-state index is 11.9. The summed E-state index contributed by atoms with van der Waals surface area (Å²) in [5.74, 6) is 1.72. The molecule has 0 spiro atoms. The van der Waals surface area contributed by atoms with Crippen molar-refractivity contribution in [3.63, 3.8) is 0 Å². The van der Waals surface area contributed by atoms with Gasteiger partial charge in [0.05, 0.1) is 0 Å². The smallest absolute Gasteiger partial charge is 0.225 e. The number of carbonyl (C=O) groups excluding carboxylic acids is 1. The summed E-state index contributed by atoms with van der Waals surface area (Å²) in [6.07, 6.45) is 7.30. The molecule has 2 rings (SSSR count). The van der Waals surface area contributed by atoms with Gasteiger partial charge in [-0.2, -0.15) is 0 Å². The lowest BCUT2D eigenvalue weighted by Gasteiger charge is -2.36. The number of rotatable bonds is 2. The van der Waals surface area contributed by atoms with Gasteiger partial charge in [-0.05, 0) is 31.6 Å². The van der Waals surface area contributed by atoms with E-state index in [9.17, 15) is 4.79 Å². The number of nitrogens with zero attached hydrogens (tertiary/aromatic N) is 1. The molecule has 1 amide bonds. The Morgan fingerprint density at radius 3 is 2.29 bits per heavy atom. The highest BCUT2D eigenvalue weighted by Gasteiger charge is 2.31. The Kier molecular flexibility index (Phi) is 3.09. The molecular formula is C12H21NO. The molecule has 1 saturated heterocycles. The van der Waals surface area contributed by atoms with Crippen molar-refractivity contribution < 1.29 is 4.79 Å². The highest BCUT2D eigenvalue weighted by atomic mass is 16.2. The first-order valence-electron chi connectivity index (χ1n) is 6.10. The second-order valence-electron chi connectivity index (χ2n) is 4.80. The molecule has 1 heterocycles. The van der Waals surface area contributed by atoms with Gasteiger partial charge in [0.25, 0.3) is 0 Å². The first-order valence-corrected chi connectivity index (χ1v) is 6.10. The van der Waals surface area contributed by atoms with E-state index >= 15 is 0 Å². The highest BCUT2D eigenvalue weighted by Crippen LogP contribution is 2.30. The van der Waals surface area contributed by atoms with E-state index in [1.165, 1.54) is 25.7 Å². The van der Waals surface area contributed by atoms with Crippen molar-refractivity contribution in [3.05, 3.63) is 0 Å². The van der Waals surface area contributed by atoms with Gasteiger partial charge in [-0.1, -0.05) is 19.8 Å². The quantitative estimate of drug-likeness (QED) is 0.662. The average molecular weight is 195 g/mol. The van der Waals surface area contributed by atoms with Crippen molar-refractivity contribution in [2.24, 2.45) is 11.8 Å². The lowest BCUT2D eigenvalue weighted by molar-refractivity contribution is -0.139. The molecule has 0 atom stereocenters. The maximum absolute atomic E-state index is 11.9. The van der Waals surface area contributed by atoms with E-state index in [2.05, 4.69) is 11.8 Å². The number of hydrogen-bond acceptors (Lipinski definition) is 1. The third-order valence-corrected chi connectivity index (χ3v) is 3.96. The van der Waals surface area contributed by atoms with Crippen molar-refractivity contribution in [1.82, 2.24) is 4.90 Å². The Bertz CT molecular complexity index is 202. The number of likely N-dealkylation sites (tertiary alicyclic amines) is 1. The first kappa shape index (κ1) is 10.0. The van der Waals surface area contributed by atoms with Crippen molar-refractivity contribution in [3.8, 4) is 0 Å². The second kappa shape index (κ2) is 4.33. The van der Waals surface area contributed by atoms with Crippen LogP contribution in [0.5, 0.6) is 0 Å². The van der Waals surface area contributed by atoms with Crippen LogP contribution in [0.25, 0.3) is 0 Å². The standard InChI is InChI=1S/C12H21NO/c1-2-10-6-8-13(9-7-10)12(14)11-4-3-5-11/h10-11H,2-9H2,1H3. The molecule has 2 heteroatoms. The molecular weight excluding hydrogens is 174 g/mol. The number of carbonyl (C=O) groups is 1. The molecule has 0 bridgehead atoms. The first-order chi connectivity index (χ1) is 6.81. The van der Waals surface area contributed by atoms with Gasteiger partial charge in [-0.15, -0.1) is 0 Å². The summed E-state index contributed by atoms with van der Waals surface area (Å²) < 4.78 is 0. The molecule has 1 aliphatic carbocycles. The predicted molar refractivity (Wildman–Crippen MR) is 56.9 cm³/mol. The molecule has 80 valence electrons. The third-order valence-electron chi connectivity index (χ3n) is 3.96. The van der Waals surface area contributed by atoms with E-state index in [0.717, 1.165) is 31.8 Å². The minimum Gasteiger partial charge on any atom is -0.342 e. The van der Waals surface area contributed by atoms with Crippen LogP contribution in [0, 0.1) is 11.8 Å². The molecule has 1 aliphatic heterocycles. The average Bonchev–Trinajstić information content (AvgIpc) is 2.15. The molecule has 0 N–H and O–H groups in total. The fourth-order valence-electron chi connectivity index (χ4n) is 2.47. The lowest BCUT2D eigenvalue weighted by atomic mass is 9.83. The Labute approximate surface area is 86.7 Å². The summed E-state index contributed by atoms with van der Waals surface area (Å²) in [4.78, 5) is 14.0. The van der Waals surface area contributed by atoms with Gasteiger partial charge in [0.2, 0.25) is 5.91 Å². The van der Waals surface area contributed by atoms with Gasteiger partial charge < -0.3 is 4.90 Å². The second-order valence-corrected chi connectivity index (χ2v) is 4.80. The summed E-state index contributed by atoms with van der Waals surface area (Å²) in [6, 6.07) is 0. The Balaban J connectivity index is 1.79. The van der Waals surface area contributed by atoms with Gasteiger partial charge in [0.15, 0.2) is 0 Å². The van der Waals surface area contributed by atoms with Crippen molar-refractivity contribution in [1.29, 1.82) is 0 Å². The number of hydrogen-bond donors (Lipinski definition) is 0. The fraction of sp³-hybridized carbons (Fsp3) is 0.917. The van der Waals surface area contributed by atoms with Crippen molar-refractivity contribution in [2.45, 2.75) is 45.4 Å². The van der Waals surface area contributed by atoms with E-state index in [4.69, 9.17) is 0 Å². The van der Waals surface area contributed by atoms with Crippen LogP contribution in [0.2, 0.25) is 0 Å². The van der Waals surface area contributed by atoms with Gasteiger partial charge in [0.1, 0.15) is 0 Å². The van der Waals surface area contributed by atoms with Crippen molar-refractivity contribution >= 4 is 5.91 Å². The normalized spacial score (nSPS) is 24.8. The summed E-state index contributed by atoms with van der Waals surface area (Å²) in [5, 5.41) is 0. The monoisotopic (exact) mass is 195 g/mol. The van der Waals surface area contributed by atoms with Crippen LogP contribution in [-0.4, -0.2) is 23.9 Å². The van der Waals surface area contributed by atoms with E-state index in [1.807, 2.05) is 0 Å². The molecule has 0 aromatic heterocycles. The Morgan fingerprint density at radius 2 is 1.86 bits per heavy atom. The van der Waals surface area contributed by atoms with Crippen LogP contribution < -0.4 is 0 Å². The number of piperidine rings is 1. The van der Waals surface area contributed by atoms with Crippen LogP contribution in [0.4, 0.5) is 0 Å². The summed E-state index contributed by atoms with van der Waals surface area (Å²) in [5.41, 5.74) is 0. The summed E-state index contributed by atoms with van der Waals surface area (Å²) in [6.45, 7) is 4.30. The molecule has 2 aliphatic rings. The molecule has 0 unspecified atom stereocenters. The highest BCUT2D eigenvalue weighted by molar-refractivity contribution is 5.79.